The Morgan fingerprint density at radius 2 is 1.87 bits per heavy atom. The summed E-state index contributed by atoms with van der Waals surface area (Å²) in [7, 11) is 0. The van der Waals surface area contributed by atoms with Crippen LogP contribution in [0.25, 0.3) is 5.69 Å². The second-order valence-corrected chi connectivity index (χ2v) is 7.28. The van der Waals surface area contributed by atoms with Crippen molar-refractivity contribution in [2.75, 3.05) is 5.32 Å². The largest absolute Gasteiger partial charge is 0.488 e. The summed E-state index contributed by atoms with van der Waals surface area (Å²) in [6.45, 7) is 0.238. The van der Waals surface area contributed by atoms with Gasteiger partial charge in [-0.2, -0.15) is 5.10 Å². The van der Waals surface area contributed by atoms with Crippen molar-refractivity contribution in [1.82, 2.24) is 15.1 Å². The fraction of sp³-hybridized carbons (Fsp3) is 0.261. The van der Waals surface area contributed by atoms with E-state index < -0.39 is 11.8 Å². The van der Waals surface area contributed by atoms with Crippen molar-refractivity contribution in [2.24, 2.45) is 0 Å². The SMILES string of the molecule is O=C(NCc1cccc(-n2cccn2)c1)C(=O)Nc1ccccc1OC1CCCC1. The number of amides is 2. The first-order valence-corrected chi connectivity index (χ1v) is 10.1. The Morgan fingerprint density at radius 1 is 1.03 bits per heavy atom. The van der Waals surface area contributed by atoms with Crippen molar-refractivity contribution in [3.63, 3.8) is 0 Å². The van der Waals surface area contributed by atoms with E-state index >= 15 is 0 Å². The molecule has 154 valence electrons. The van der Waals surface area contributed by atoms with Crippen molar-refractivity contribution in [3.8, 4) is 11.4 Å². The molecule has 4 rings (SSSR count). The van der Waals surface area contributed by atoms with E-state index in [1.807, 2.05) is 48.7 Å². The molecule has 1 fully saturated rings. The lowest BCUT2D eigenvalue weighted by molar-refractivity contribution is -0.136. The quantitative estimate of drug-likeness (QED) is 0.616. The minimum atomic E-state index is -0.722. The molecule has 1 heterocycles. The Kier molecular flexibility index (Phi) is 6.08. The highest BCUT2D eigenvalue weighted by atomic mass is 16.5. The number of nitrogens with zero attached hydrogens (tertiary/aromatic N) is 2. The number of rotatable bonds is 6. The third kappa shape index (κ3) is 4.86. The molecule has 0 atom stereocenters. The molecule has 3 aromatic rings. The van der Waals surface area contributed by atoms with Crippen LogP contribution < -0.4 is 15.4 Å². The van der Waals surface area contributed by atoms with Crippen LogP contribution in [0.15, 0.2) is 67.0 Å². The molecule has 0 bridgehead atoms. The normalized spacial score (nSPS) is 13.7. The van der Waals surface area contributed by atoms with Gasteiger partial charge in [-0.25, -0.2) is 4.68 Å². The van der Waals surface area contributed by atoms with Gasteiger partial charge in [0, 0.05) is 18.9 Å². The lowest BCUT2D eigenvalue weighted by atomic mass is 10.2. The van der Waals surface area contributed by atoms with Crippen LogP contribution >= 0.6 is 0 Å². The first kappa shape index (κ1) is 19.7. The first-order valence-electron chi connectivity index (χ1n) is 10.1. The molecule has 0 unspecified atom stereocenters. The molecule has 0 saturated heterocycles. The Hall–Kier alpha value is -3.61. The molecule has 0 aliphatic heterocycles. The summed E-state index contributed by atoms with van der Waals surface area (Å²) in [5.41, 5.74) is 2.26. The molecule has 2 amide bonds. The molecule has 1 aliphatic carbocycles. The van der Waals surface area contributed by atoms with E-state index in [-0.39, 0.29) is 12.6 Å². The summed E-state index contributed by atoms with van der Waals surface area (Å²) in [5.74, 6) is -0.826. The van der Waals surface area contributed by atoms with Gasteiger partial charge in [-0.05, 0) is 61.6 Å². The molecule has 30 heavy (non-hydrogen) atoms. The fourth-order valence-electron chi connectivity index (χ4n) is 3.53. The van der Waals surface area contributed by atoms with Gasteiger partial charge in [-0.1, -0.05) is 24.3 Å². The van der Waals surface area contributed by atoms with Gasteiger partial charge in [0.25, 0.3) is 0 Å². The second kappa shape index (κ2) is 9.26. The van der Waals surface area contributed by atoms with Gasteiger partial charge >= 0.3 is 11.8 Å². The average molecular weight is 404 g/mol. The summed E-state index contributed by atoms with van der Waals surface area (Å²) < 4.78 is 7.75. The zero-order valence-corrected chi connectivity index (χ0v) is 16.6. The molecule has 1 aromatic heterocycles. The third-order valence-electron chi connectivity index (χ3n) is 5.07. The predicted octanol–water partition coefficient (Wildman–Crippen LogP) is 3.45. The van der Waals surface area contributed by atoms with Gasteiger partial charge in [-0.15, -0.1) is 0 Å². The van der Waals surface area contributed by atoms with Gasteiger partial charge in [-0.3, -0.25) is 9.59 Å². The maximum atomic E-state index is 12.4. The molecule has 7 nitrogen and oxygen atoms in total. The Morgan fingerprint density at radius 3 is 2.67 bits per heavy atom. The number of anilines is 1. The lowest BCUT2D eigenvalue weighted by Crippen LogP contribution is -2.35. The van der Waals surface area contributed by atoms with Crippen molar-refractivity contribution in [1.29, 1.82) is 0 Å². The monoisotopic (exact) mass is 404 g/mol. The molecule has 1 saturated carbocycles. The molecule has 0 spiro atoms. The third-order valence-corrected chi connectivity index (χ3v) is 5.07. The predicted molar refractivity (Wildman–Crippen MR) is 113 cm³/mol. The van der Waals surface area contributed by atoms with Crippen molar-refractivity contribution in [2.45, 2.75) is 38.3 Å². The van der Waals surface area contributed by atoms with Crippen LogP contribution in [0.1, 0.15) is 31.2 Å². The molecule has 2 aromatic carbocycles. The van der Waals surface area contributed by atoms with Crippen LogP contribution in [-0.4, -0.2) is 27.7 Å². The molecule has 0 radical (unpaired) electrons. The number of aromatic nitrogens is 2. The van der Waals surface area contributed by atoms with E-state index in [0.717, 1.165) is 36.9 Å². The molecule has 2 N–H and O–H groups in total. The van der Waals surface area contributed by atoms with E-state index in [9.17, 15) is 9.59 Å². The topological polar surface area (TPSA) is 85.2 Å². The Balaban J connectivity index is 1.35. The van der Waals surface area contributed by atoms with E-state index in [0.29, 0.717) is 11.4 Å². The summed E-state index contributed by atoms with van der Waals surface area (Å²) in [6.07, 6.45) is 8.05. The fourth-order valence-corrected chi connectivity index (χ4v) is 3.53. The van der Waals surface area contributed by atoms with Crippen LogP contribution in [0.5, 0.6) is 5.75 Å². The van der Waals surface area contributed by atoms with Crippen LogP contribution in [0.2, 0.25) is 0 Å². The van der Waals surface area contributed by atoms with Gasteiger partial charge in [0.2, 0.25) is 0 Å². The maximum Gasteiger partial charge on any atom is 0.313 e. The van der Waals surface area contributed by atoms with Crippen LogP contribution in [0.3, 0.4) is 0 Å². The van der Waals surface area contributed by atoms with Crippen molar-refractivity contribution >= 4 is 17.5 Å². The standard InChI is InChI=1S/C23H24N4O3/c28-22(24-16-17-7-5-8-18(15-17)27-14-6-13-25-27)23(29)26-20-11-3-4-12-21(20)30-19-9-1-2-10-19/h3-8,11-15,19H,1-2,9-10,16H2,(H,24,28)(H,26,29). The summed E-state index contributed by atoms with van der Waals surface area (Å²) in [4.78, 5) is 24.7. The van der Waals surface area contributed by atoms with Gasteiger partial charge < -0.3 is 15.4 Å². The highest BCUT2D eigenvalue weighted by Gasteiger charge is 2.20. The van der Waals surface area contributed by atoms with E-state index in [1.165, 1.54) is 0 Å². The highest BCUT2D eigenvalue weighted by Crippen LogP contribution is 2.29. The highest BCUT2D eigenvalue weighted by molar-refractivity contribution is 6.39. The number of benzene rings is 2. The van der Waals surface area contributed by atoms with Gasteiger partial charge in [0.1, 0.15) is 5.75 Å². The number of hydrogen-bond acceptors (Lipinski definition) is 4. The zero-order valence-electron chi connectivity index (χ0n) is 16.6. The van der Waals surface area contributed by atoms with Gasteiger partial charge in [0.05, 0.1) is 17.5 Å². The first-order chi connectivity index (χ1) is 14.7. The van der Waals surface area contributed by atoms with Crippen molar-refractivity contribution < 1.29 is 14.3 Å². The number of nitrogens with one attached hydrogen (secondary N) is 2. The Labute approximate surface area is 175 Å². The van der Waals surface area contributed by atoms with E-state index in [2.05, 4.69) is 15.7 Å². The summed E-state index contributed by atoms with van der Waals surface area (Å²) in [6, 6.07) is 16.7. The van der Waals surface area contributed by atoms with Crippen LogP contribution in [-0.2, 0) is 16.1 Å². The number of hydrogen-bond donors (Lipinski definition) is 2. The van der Waals surface area contributed by atoms with E-state index in [1.54, 1.807) is 23.0 Å². The summed E-state index contributed by atoms with van der Waals surface area (Å²) >= 11 is 0. The molecular weight excluding hydrogens is 380 g/mol. The zero-order chi connectivity index (χ0) is 20.8. The van der Waals surface area contributed by atoms with Crippen molar-refractivity contribution in [3.05, 3.63) is 72.6 Å². The summed E-state index contributed by atoms with van der Waals surface area (Å²) in [5, 5.41) is 9.52. The number of carbonyl (C=O) groups is 2. The minimum Gasteiger partial charge on any atom is -0.488 e. The van der Waals surface area contributed by atoms with Crippen LogP contribution in [0.4, 0.5) is 5.69 Å². The average Bonchev–Trinajstić information content (AvgIpc) is 3.48. The number of para-hydroxylation sites is 2. The molecular formula is C23H24N4O3. The minimum absolute atomic E-state index is 0.166. The lowest BCUT2D eigenvalue weighted by Gasteiger charge is -2.16. The number of carbonyl (C=O) groups excluding carboxylic acids is 2. The van der Waals surface area contributed by atoms with Gasteiger partial charge in [0.15, 0.2) is 0 Å². The van der Waals surface area contributed by atoms with Crippen LogP contribution in [0, 0.1) is 0 Å². The Bertz CT molecular complexity index is 1010. The molecule has 1 aliphatic rings. The smallest absolute Gasteiger partial charge is 0.313 e. The molecule has 7 heteroatoms. The van der Waals surface area contributed by atoms with E-state index in [4.69, 9.17) is 4.74 Å². The second-order valence-electron chi connectivity index (χ2n) is 7.28. The number of ether oxygens (including phenoxy) is 1. The maximum absolute atomic E-state index is 12.4.